The molecule has 0 amide bonds. The van der Waals surface area contributed by atoms with Crippen molar-refractivity contribution in [3.8, 4) is 0 Å². The number of aryl methyl sites for hydroxylation is 1. The van der Waals surface area contributed by atoms with E-state index in [1.165, 1.54) is 0 Å². The van der Waals surface area contributed by atoms with Gasteiger partial charge in [0.25, 0.3) is 6.43 Å². The van der Waals surface area contributed by atoms with Gasteiger partial charge in [-0.1, -0.05) is 0 Å². The molecular formula is C10H16F2N2. The first kappa shape index (κ1) is 11.1. The van der Waals surface area contributed by atoms with Gasteiger partial charge in [-0.3, -0.25) is 4.68 Å². The fraction of sp³-hybridized carbons (Fsp3) is 0.700. The van der Waals surface area contributed by atoms with Crippen LogP contribution in [0.3, 0.4) is 0 Å². The second kappa shape index (κ2) is 3.33. The summed E-state index contributed by atoms with van der Waals surface area (Å²) in [6, 6.07) is 0. The van der Waals surface area contributed by atoms with Gasteiger partial charge in [-0.2, -0.15) is 5.10 Å². The van der Waals surface area contributed by atoms with E-state index in [0.717, 1.165) is 0 Å². The molecule has 14 heavy (non-hydrogen) atoms. The number of aromatic nitrogens is 2. The maximum atomic E-state index is 12.6. The summed E-state index contributed by atoms with van der Waals surface area (Å²) >= 11 is 0. The molecule has 1 rings (SSSR count). The lowest BCUT2D eigenvalue weighted by Gasteiger charge is -2.21. The molecule has 0 bridgehead atoms. The third-order valence-corrected chi connectivity index (χ3v) is 2.20. The number of hydrogen-bond acceptors (Lipinski definition) is 1. The van der Waals surface area contributed by atoms with E-state index in [2.05, 4.69) is 5.10 Å². The molecule has 2 nitrogen and oxygen atoms in total. The lowest BCUT2D eigenvalue weighted by Crippen LogP contribution is -2.24. The quantitative estimate of drug-likeness (QED) is 0.683. The Labute approximate surface area is 82.9 Å². The van der Waals surface area contributed by atoms with E-state index >= 15 is 0 Å². The zero-order valence-electron chi connectivity index (χ0n) is 9.23. The third kappa shape index (κ3) is 1.79. The second-order valence-electron chi connectivity index (χ2n) is 4.47. The molecule has 0 atom stereocenters. The zero-order chi connectivity index (χ0) is 11.1. The van der Waals surface area contributed by atoms with Crippen LogP contribution in [0.15, 0.2) is 0 Å². The lowest BCUT2D eigenvalue weighted by atomic mass is 10.1. The highest BCUT2D eigenvalue weighted by Crippen LogP contribution is 2.28. The fourth-order valence-corrected chi connectivity index (χ4v) is 1.62. The minimum absolute atomic E-state index is 0.0694. The van der Waals surface area contributed by atoms with Gasteiger partial charge in [0.15, 0.2) is 0 Å². The molecule has 0 saturated carbocycles. The minimum atomic E-state index is -2.44. The highest BCUT2D eigenvalue weighted by atomic mass is 19.3. The number of alkyl halides is 2. The standard InChI is InChI=1S/C10H16F2N2/c1-6-8(9(11)12)7(2)14(13-6)10(3,4)5/h9H,1-5H3. The van der Waals surface area contributed by atoms with Crippen LogP contribution in [0.25, 0.3) is 0 Å². The van der Waals surface area contributed by atoms with E-state index < -0.39 is 6.43 Å². The summed E-state index contributed by atoms with van der Waals surface area (Å²) in [5, 5.41) is 4.14. The molecule has 4 heteroatoms. The van der Waals surface area contributed by atoms with Crippen molar-refractivity contribution in [1.82, 2.24) is 9.78 Å². The summed E-state index contributed by atoms with van der Waals surface area (Å²) in [6.45, 7) is 9.15. The Morgan fingerprint density at radius 3 is 1.93 bits per heavy atom. The Kier molecular flexibility index (Phi) is 2.65. The number of rotatable bonds is 1. The van der Waals surface area contributed by atoms with Gasteiger partial charge in [-0.25, -0.2) is 8.78 Å². The molecule has 1 aromatic rings. The van der Waals surface area contributed by atoms with E-state index in [-0.39, 0.29) is 11.1 Å². The molecule has 80 valence electrons. The third-order valence-electron chi connectivity index (χ3n) is 2.20. The lowest BCUT2D eigenvalue weighted by molar-refractivity contribution is 0.149. The highest BCUT2D eigenvalue weighted by Gasteiger charge is 2.24. The summed E-state index contributed by atoms with van der Waals surface area (Å²) in [4.78, 5) is 0. The van der Waals surface area contributed by atoms with E-state index in [9.17, 15) is 8.78 Å². The number of halogens is 2. The van der Waals surface area contributed by atoms with Crippen LogP contribution in [0.4, 0.5) is 8.78 Å². The van der Waals surface area contributed by atoms with Crippen LogP contribution in [-0.4, -0.2) is 9.78 Å². The van der Waals surface area contributed by atoms with Gasteiger partial charge >= 0.3 is 0 Å². The zero-order valence-corrected chi connectivity index (χ0v) is 9.23. The Morgan fingerprint density at radius 2 is 1.71 bits per heavy atom. The first-order chi connectivity index (χ1) is 6.25. The SMILES string of the molecule is Cc1nn(C(C)(C)C)c(C)c1C(F)F. The Bertz CT molecular complexity index is 335. The Hall–Kier alpha value is -0.930. The first-order valence-electron chi connectivity index (χ1n) is 4.60. The molecule has 0 saturated heterocycles. The van der Waals surface area contributed by atoms with Crippen molar-refractivity contribution in [2.24, 2.45) is 0 Å². The molecule has 1 aromatic heterocycles. The van der Waals surface area contributed by atoms with Crippen LogP contribution in [0, 0.1) is 13.8 Å². The predicted molar refractivity (Wildman–Crippen MR) is 51.7 cm³/mol. The first-order valence-corrected chi connectivity index (χ1v) is 4.60. The molecule has 0 radical (unpaired) electrons. The largest absolute Gasteiger partial charge is 0.267 e. The predicted octanol–water partition coefficient (Wildman–Crippen LogP) is 3.19. The van der Waals surface area contributed by atoms with Crippen molar-refractivity contribution in [3.05, 3.63) is 17.0 Å². The molecule has 0 aromatic carbocycles. The Balaban J connectivity index is 3.31. The van der Waals surface area contributed by atoms with E-state index in [1.807, 2.05) is 20.8 Å². The Morgan fingerprint density at radius 1 is 1.21 bits per heavy atom. The van der Waals surface area contributed by atoms with Gasteiger partial charge in [0, 0.05) is 5.69 Å². The number of hydrogen-bond donors (Lipinski definition) is 0. The van der Waals surface area contributed by atoms with Gasteiger partial charge in [0.1, 0.15) is 0 Å². The summed E-state index contributed by atoms with van der Waals surface area (Å²) < 4.78 is 26.9. The van der Waals surface area contributed by atoms with Crippen molar-refractivity contribution in [1.29, 1.82) is 0 Å². The molecule has 1 heterocycles. The molecular weight excluding hydrogens is 186 g/mol. The van der Waals surface area contributed by atoms with Gasteiger partial charge in [0.05, 0.1) is 16.8 Å². The average molecular weight is 202 g/mol. The second-order valence-corrected chi connectivity index (χ2v) is 4.47. The average Bonchev–Trinajstić information content (AvgIpc) is 2.24. The van der Waals surface area contributed by atoms with E-state index in [1.54, 1.807) is 18.5 Å². The van der Waals surface area contributed by atoms with Crippen molar-refractivity contribution in [2.45, 2.75) is 46.6 Å². The van der Waals surface area contributed by atoms with Crippen molar-refractivity contribution in [3.63, 3.8) is 0 Å². The van der Waals surface area contributed by atoms with Crippen LogP contribution < -0.4 is 0 Å². The van der Waals surface area contributed by atoms with Crippen LogP contribution in [0.5, 0.6) is 0 Å². The topological polar surface area (TPSA) is 17.8 Å². The van der Waals surface area contributed by atoms with Crippen molar-refractivity contribution >= 4 is 0 Å². The van der Waals surface area contributed by atoms with Gasteiger partial charge in [0.2, 0.25) is 0 Å². The van der Waals surface area contributed by atoms with Crippen LogP contribution in [-0.2, 0) is 5.54 Å². The summed E-state index contributed by atoms with van der Waals surface area (Å²) in [5.41, 5.74) is 0.805. The monoisotopic (exact) mass is 202 g/mol. The molecule has 0 fully saturated rings. The van der Waals surface area contributed by atoms with Gasteiger partial charge in [-0.05, 0) is 34.6 Å². The molecule has 0 spiro atoms. The highest BCUT2D eigenvalue weighted by molar-refractivity contribution is 5.26. The molecule has 0 N–H and O–H groups in total. The minimum Gasteiger partial charge on any atom is -0.264 e. The van der Waals surface area contributed by atoms with Crippen LogP contribution >= 0.6 is 0 Å². The smallest absolute Gasteiger partial charge is 0.264 e. The van der Waals surface area contributed by atoms with Crippen molar-refractivity contribution in [2.75, 3.05) is 0 Å². The normalized spacial score (nSPS) is 12.6. The van der Waals surface area contributed by atoms with E-state index in [0.29, 0.717) is 11.4 Å². The molecule has 0 aliphatic carbocycles. The molecule has 0 aliphatic heterocycles. The van der Waals surface area contributed by atoms with Gasteiger partial charge in [-0.15, -0.1) is 0 Å². The van der Waals surface area contributed by atoms with Crippen molar-refractivity contribution < 1.29 is 8.78 Å². The summed E-state index contributed by atoms with van der Waals surface area (Å²) in [7, 11) is 0. The fourth-order valence-electron chi connectivity index (χ4n) is 1.62. The van der Waals surface area contributed by atoms with Crippen LogP contribution in [0.2, 0.25) is 0 Å². The maximum Gasteiger partial charge on any atom is 0.267 e. The summed E-state index contributed by atoms with van der Waals surface area (Å²) in [5.74, 6) is 0. The molecule has 0 unspecified atom stereocenters. The van der Waals surface area contributed by atoms with E-state index in [4.69, 9.17) is 0 Å². The maximum absolute atomic E-state index is 12.6. The van der Waals surface area contributed by atoms with Crippen LogP contribution in [0.1, 0.15) is 44.1 Å². The number of nitrogens with zero attached hydrogens (tertiary/aromatic N) is 2. The molecule has 0 aliphatic rings. The summed E-state index contributed by atoms with van der Waals surface area (Å²) in [6.07, 6.45) is -2.44. The van der Waals surface area contributed by atoms with Gasteiger partial charge < -0.3 is 0 Å².